The highest BCUT2D eigenvalue weighted by Crippen LogP contribution is 2.39. The molecule has 0 saturated carbocycles. The lowest BCUT2D eigenvalue weighted by Gasteiger charge is -2.38. The summed E-state index contributed by atoms with van der Waals surface area (Å²) in [4.78, 5) is 37.9. The van der Waals surface area contributed by atoms with Crippen molar-refractivity contribution < 1.29 is 23.5 Å². The molecule has 34 heavy (non-hydrogen) atoms. The summed E-state index contributed by atoms with van der Waals surface area (Å²) in [5.41, 5.74) is 7.89. The molecule has 0 saturated heterocycles. The zero-order chi connectivity index (χ0) is 24.4. The Kier molecular flexibility index (Phi) is 6.35. The number of carbonyl (C=O) groups excluding carboxylic acids is 1. The Bertz CT molecular complexity index is 1270. The fraction of sp³-hybridized carbons (Fsp3) is 0.261. The van der Waals surface area contributed by atoms with Crippen LogP contribution in [0, 0.1) is 18.7 Å². The lowest BCUT2D eigenvalue weighted by molar-refractivity contribution is 0.0641. The summed E-state index contributed by atoms with van der Waals surface area (Å²) in [6.45, 7) is 1.98. The number of pyridine rings is 1. The van der Waals surface area contributed by atoms with Crippen molar-refractivity contribution >= 4 is 17.9 Å². The Morgan fingerprint density at radius 1 is 1.26 bits per heavy atom. The number of nitrogens with one attached hydrogen (secondary N) is 1. The first-order valence-electron chi connectivity index (χ1n) is 10.6. The Hall–Kier alpha value is -4.15. The number of carboxylic acid groups (broad SMARTS) is 1. The topological polar surface area (TPSA) is 134 Å². The zero-order valence-corrected chi connectivity index (χ0v) is 18.3. The van der Waals surface area contributed by atoms with Crippen LogP contribution < -0.4 is 11.1 Å². The standard InChI is InChI=1S/C23H22F2N6O3/c1-12-19-17(30-22(26)29-12)11-18(31(21(19)32)9-3-8-28-23(33)34)14-6-5-13(24)10-16(14)15-4-2-7-27-20(15)25/h2,4-7,10,18,28H,3,8-9,11H2,1H3,(H,33,34)(H2,26,29,30)/t18-/m1/s1. The molecule has 2 amide bonds. The van der Waals surface area contributed by atoms with Crippen molar-refractivity contribution in [2.75, 3.05) is 18.8 Å². The summed E-state index contributed by atoms with van der Waals surface area (Å²) in [7, 11) is 0. The first-order chi connectivity index (χ1) is 16.3. The molecule has 3 heterocycles. The van der Waals surface area contributed by atoms with Crippen LogP contribution >= 0.6 is 0 Å². The second kappa shape index (κ2) is 9.38. The SMILES string of the molecule is Cc1nc(N)nc2c1C(=O)N(CCCNC(=O)O)[C@@H](c1ccc(F)cc1-c1cccnc1F)C2. The van der Waals surface area contributed by atoms with E-state index in [9.17, 15) is 18.4 Å². The van der Waals surface area contributed by atoms with Crippen LogP contribution in [0.4, 0.5) is 19.5 Å². The number of aromatic nitrogens is 3. The number of aryl methyl sites for hydroxylation is 1. The molecule has 4 N–H and O–H groups in total. The minimum absolute atomic E-state index is 0.0274. The Morgan fingerprint density at radius 3 is 2.79 bits per heavy atom. The van der Waals surface area contributed by atoms with Crippen molar-refractivity contribution in [3.8, 4) is 11.1 Å². The highest BCUT2D eigenvalue weighted by molar-refractivity contribution is 5.98. The van der Waals surface area contributed by atoms with Crippen molar-refractivity contribution in [1.29, 1.82) is 0 Å². The normalized spacial score (nSPS) is 15.2. The monoisotopic (exact) mass is 468 g/mol. The summed E-state index contributed by atoms with van der Waals surface area (Å²) in [5.74, 6) is -1.67. The summed E-state index contributed by atoms with van der Waals surface area (Å²) < 4.78 is 28.8. The maximum atomic E-state index is 14.6. The second-order valence-corrected chi connectivity index (χ2v) is 7.87. The predicted molar refractivity (Wildman–Crippen MR) is 119 cm³/mol. The first-order valence-corrected chi connectivity index (χ1v) is 10.6. The van der Waals surface area contributed by atoms with Gasteiger partial charge in [0.1, 0.15) is 5.82 Å². The maximum absolute atomic E-state index is 14.6. The van der Waals surface area contributed by atoms with Gasteiger partial charge in [0.2, 0.25) is 11.9 Å². The molecule has 2 aromatic heterocycles. The van der Waals surface area contributed by atoms with Crippen molar-refractivity contribution in [3.05, 3.63) is 70.8 Å². The lowest BCUT2D eigenvalue weighted by Crippen LogP contribution is -2.43. The number of fused-ring (bicyclic) bond motifs is 1. The van der Waals surface area contributed by atoms with Crippen molar-refractivity contribution in [2.45, 2.75) is 25.8 Å². The number of carbonyl (C=O) groups is 2. The van der Waals surface area contributed by atoms with Crippen LogP contribution in [0.3, 0.4) is 0 Å². The smallest absolute Gasteiger partial charge is 0.404 e. The minimum atomic E-state index is -1.17. The van der Waals surface area contributed by atoms with Crippen LogP contribution in [0.5, 0.6) is 0 Å². The van der Waals surface area contributed by atoms with E-state index in [-0.39, 0.29) is 42.5 Å². The Morgan fingerprint density at radius 2 is 2.06 bits per heavy atom. The van der Waals surface area contributed by atoms with E-state index in [0.717, 1.165) is 0 Å². The van der Waals surface area contributed by atoms with Crippen molar-refractivity contribution in [2.24, 2.45) is 0 Å². The van der Waals surface area contributed by atoms with Gasteiger partial charge in [0.05, 0.1) is 23.0 Å². The van der Waals surface area contributed by atoms with Gasteiger partial charge in [-0.15, -0.1) is 0 Å². The van der Waals surface area contributed by atoms with E-state index < -0.39 is 23.9 Å². The molecule has 1 aromatic carbocycles. The molecule has 1 aliphatic rings. The van der Waals surface area contributed by atoms with Gasteiger partial charge in [-0.2, -0.15) is 4.39 Å². The number of anilines is 1. The van der Waals surface area contributed by atoms with Crippen molar-refractivity contribution in [1.82, 2.24) is 25.2 Å². The average molecular weight is 468 g/mol. The predicted octanol–water partition coefficient (Wildman–Crippen LogP) is 3.10. The number of nitrogen functional groups attached to an aromatic ring is 1. The summed E-state index contributed by atoms with van der Waals surface area (Å²) in [6.07, 6.45) is 0.694. The molecule has 0 spiro atoms. The van der Waals surface area contributed by atoms with Gasteiger partial charge in [-0.25, -0.2) is 24.1 Å². The van der Waals surface area contributed by atoms with E-state index in [2.05, 4.69) is 20.3 Å². The van der Waals surface area contributed by atoms with E-state index in [1.165, 1.54) is 30.5 Å². The molecule has 0 unspecified atom stereocenters. The number of halogens is 2. The fourth-order valence-corrected chi connectivity index (χ4v) is 4.28. The third-order valence-electron chi connectivity index (χ3n) is 5.70. The van der Waals surface area contributed by atoms with Gasteiger partial charge in [0, 0.05) is 31.3 Å². The first kappa shape index (κ1) is 23.0. The number of hydrogen-bond donors (Lipinski definition) is 3. The van der Waals surface area contributed by atoms with Crippen LogP contribution in [0.25, 0.3) is 11.1 Å². The van der Waals surface area contributed by atoms with Gasteiger partial charge >= 0.3 is 6.09 Å². The van der Waals surface area contributed by atoms with Gasteiger partial charge < -0.3 is 21.1 Å². The second-order valence-electron chi connectivity index (χ2n) is 7.87. The minimum Gasteiger partial charge on any atom is -0.465 e. The number of hydrogen-bond acceptors (Lipinski definition) is 6. The summed E-state index contributed by atoms with van der Waals surface area (Å²) in [6, 6.07) is 6.37. The Labute approximate surface area is 193 Å². The molecule has 0 aliphatic carbocycles. The molecule has 1 aliphatic heterocycles. The molecule has 1 atom stereocenters. The van der Waals surface area contributed by atoms with Gasteiger partial charge in [-0.1, -0.05) is 6.07 Å². The molecule has 11 heteroatoms. The van der Waals surface area contributed by atoms with E-state index in [1.54, 1.807) is 17.9 Å². The molecule has 176 valence electrons. The highest BCUT2D eigenvalue weighted by atomic mass is 19.1. The third kappa shape index (κ3) is 4.49. The van der Waals surface area contributed by atoms with Gasteiger partial charge in [-0.05, 0) is 48.7 Å². The van der Waals surface area contributed by atoms with Crippen LogP contribution in [-0.4, -0.2) is 50.0 Å². The Balaban J connectivity index is 1.81. The quantitative estimate of drug-likeness (QED) is 0.374. The molecule has 3 aromatic rings. The van der Waals surface area contributed by atoms with Gasteiger partial charge in [0.25, 0.3) is 5.91 Å². The van der Waals surface area contributed by atoms with Gasteiger partial charge in [0.15, 0.2) is 0 Å². The number of nitrogens with zero attached hydrogens (tertiary/aromatic N) is 4. The summed E-state index contributed by atoms with van der Waals surface area (Å²) >= 11 is 0. The van der Waals surface area contributed by atoms with Crippen LogP contribution in [0.1, 0.15) is 39.8 Å². The van der Waals surface area contributed by atoms with Crippen LogP contribution in [0.2, 0.25) is 0 Å². The summed E-state index contributed by atoms with van der Waals surface area (Å²) in [5, 5.41) is 11.1. The lowest BCUT2D eigenvalue weighted by atomic mass is 9.87. The van der Waals surface area contributed by atoms with E-state index >= 15 is 0 Å². The zero-order valence-electron chi connectivity index (χ0n) is 18.3. The van der Waals surface area contributed by atoms with Crippen LogP contribution in [-0.2, 0) is 6.42 Å². The van der Waals surface area contributed by atoms with Crippen molar-refractivity contribution in [3.63, 3.8) is 0 Å². The third-order valence-corrected chi connectivity index (χ3v) is 5.70. The largest absolute Gasteiger partial charge is 0.465 e. The van der Waals surface area contributed by atoms with E-state index in [4.69, 9.17) is 10.8 Å². The molecule has 0 bridgehead atoms. The molecule has 4 rings (SSSR count). The van der Waals surface area contributed by atoms with E-state index in [0.29, 0.717) is 28.9 Å². The van der Waals surface area contributed by atoms with Crippen LogP contribution in [0.15, 0.2) is 36.5 Å². The molecular weight excluding hydrogens is 446 g/mol. The molecule has 0 radical (unpaired) electrons. The van der Waals surface area contributed by atoms with E-state index in [1.807, 2.05) is 0 Å². The highest BCUT2D eigenvalue weighted by Gasteiger charge is 2.37. The van der Waals surface area contributed by atoms with Gasteiger partial charge in [-0.3, -0.25) is 4.79 Å². The maximum Gasteiger partial charge on any atom is 0.404 e. The molecule has 9 nitrogen and oxygen atoms in total. The average Bonchev–Trinajstić information content (AvgIpc) is 2.77. The molecule has 0 fully saturated rings. The number of amides is 2. The fourth-order valence-electron chi connectivity index (χ4n) is 4.28. The number of nitrogens with two attached hydrogens (primary N) is 1. The number of rotatable bonds is 6. The number of benzene rings is 1. The molecular formula is C23H22F2N6O3.